The van der Waals surface area contributed by atoms with Crippen LogP contribution in [-0.4, -0.2) is 31.1 Å². The van der Waals surface area contributed by atoms with Gasteiger partial charge >= 0.3 is 0 Å². The van der Waals surface area contributed by atoms with Crippen molar-refractivity contribution >= 4 is 38.3 Å². The highest BCUT2D eigenvalue weighted by Gasteiger charge is 2.34. The highest BCUT2D eigenvalue weighted by Crippen LogP contribution is 2.35. The molecule has 6 heteroatoms. The second-order valence-corrected chi connectivity index (χ2v) is 8.34. The number of nitrogens with zero attached hydrogens (tertiary/aromatic N) is 2. The quantitative estimate of drug-likeness (QED) is 0.496. The lowest BCUT2D eigenvalue weighted by atomic mass is 9.98. The third kappa shape index (κ3) is 3.50. The number of carbonyl (C=O) groups is 1. The molecule has 1 amide bonds. The van der Waals surface area contributed by atoms with Crippen molar-refractivity contribution in [3.63, 3.8) is 0 Å². The molecule has 2 heterocycles. The van der Waals surface area contributed by atoms with Gasteiger partial charge in [-0.25, -0.2) is 4.98 Å². The average Bonchev–Trinajstić information content (AvgIpc) is 3.16. The lowest BCUT2D eigenvalue weighted by Crippen LogP contribution is -2.52. The summed E-state index contributed by atoms with van der Waals surface area (Å²) >= 11 is 1.65. The number of hydrogen-bond acceptors (Lipinski definition) is 5. The number of nitrogens with one attached hydrogen (secondary N) is 1. The molecule has 3 aromatic carbocycles. The molecule has 1 aromatic heterocycles. The number of aromatic nitrogens is 1. The zero-order valence-electron chi connectivity index (χ0n) is 16.5. The van der Waals surface area contributed by atoms with Gasteiger partial charge in [0.25, 0.3) is 0 Å². The number of ether oxygens (including phenoxy) is 1. The molecule has 1 N–H and O–H groups in total. The van der Waals surface area contributed by atoms with Gasteiger partial charge in [0, 0.05) is 30.4 Å². The van der Waals surface area contributed by atoms with Crippen LogP contribution in [0.2, 0.25) is 0 Å². The summed E-state index contributed by atoms with van der Waals surface area (Å²) in [5.74, 6) is 0.810. The van der Waals surface area contributed by atoms with Crippen LogP contribution >= 0.6 is 11.3 Å². The van der Waals surface area contributed by atoms with Gasteiger partial charge in [-0.15, -0.1) is 0 Å². The van der Waals surface area contributed by atoms with Crippen molar-refractivity contribution < 1.29 is 9.53 Å². The molecule has 1 aliphatic rings. The molecule has 1 fully saturated rings. The third-order valence-corrected chi connectivity index (χ3v) is 6.47. The molecule has 30 heavy (non-hydrogen) atoms. The smallest absolute Gasteiger partial charge is 0.231 e. The first-order valence-electron chi connectivity index (χ1n) is 9.86. The monoisotopic (exact) mass is 415 g/mol. The zero-order valence-corrected chi connectivity index (χ0v) is 17.4. The average molecular weight is 416 g/mol. The SMILES string of the molecule is COc1ccc2sc(N3CC(C(=O)Nc4ccccc4-c4ccccc4)C3)nc2c1. The summed E-state index contributed by atoms with van der Waals surface area (Å²) in [6.07, 6.45) is 0. The van der Waals surface area contributed by atoms with Gasteiger partial charge in [0.15, 0.2) is 5.13 Å². The summed E-state index contributed by atoms with van der Waals surface area (Å²) in [4.78, 5) is 19.7. The lowest BCUT2D eigenvalue weighted by molar-refractivity contribution is -0.120. The number of anilines is 2. The first-order chi connectivity index (χ1) is 14.7. The molecule has 0 bridgehead atoms. The van der Waals surface area contributed by atoms with Gasteiger partial charge in [-0.1, -0.05) is 59.9 Å². The molecule has 0 unspecified atom stereocenters. The fourth-order valence-corrected chi connectivity index (χ4v) is 4.62. The predicted molar refractivity (Wildman–Crippen MR) is 122 cm³/mol. The molecule has 0 radical (unpaired) electrons. The number of thiazole rings is 1. The third-order valence-electron chi connectivity index (χ3n) is 5.38. The van der Waals surface area contributed by atoms with Crippen LogP contribution in [-0.2, 0) is 4.79 Å². The Hall–Kier alpha value is -3.38. The van der Waals surface area contributed by atoms with Crippen LogP contribution in [0.5, 0.6) is 5.75 Å². The maximum absolute atomic E-state index is 12.8. The number of methoxy groups -OCH3 is 1. The Kier molecular flexibility index (Phi) is 4.85. The molecule has 1 saturated heterocycles. The molecule has 0 saturated carbocycles. The molecule has 0 spiro atoms. The van der Waals surface area contributed by atoms with Crippen molar-refractivity contribution in [3.05, 3.63) is 72.8 Å². The Labute approximate surface area is 178 Å². The Morgan fingerprint density at radius 1 is 1.07 bits per heavy atom. The topological polar surface area (TPSA) is 54.5 Å². The molecule has 5 nitrogen and oxygen atoms in total. The minimum Gasteiger partial charge on any atom is -0.497 e. The van der Waals surface area contributed by atoms with E-state index in [-0.39, 0.29) is 11.8 Å². The first kappa shape index (κ1) is 18.6. The van der Waals surface area contributed by atoms with Crippen molar-refractivity contribution in [1.29, 1.82) is 0 Å². The highest BCUT2D eigenvalue weighted by atomic mass is 32.1. The van der Waals surface area contributed by atoms with Crippen LogP contribution in [0.1, 0.15) is 0 Å². The number of hydrogen-bond donors (Lipinski definition) is 1. The Morgan fingerprint density at radius 3 is 2.63 bits per heavy atom. The van der Waals surface area contributed by atoms with Crippen LogP contribution in [0.3, 0.4) is 0 Å². The molecule has 0 atom stereocenters. The fraction of sp³-hybridized carbons (Fsp3) is 0.167. The number of amides is 1. The van der Waals surface area contributed by atoms with Gasteiger partial charge in [0.2, 0.25) is 5.91 Å². The summed E-state index contributed by atoms with van der Waals surface area (Å²) in [6, 6.07) is 24.0. The summed E-state index contributed by atoms with van der Waals surface area (Å²) in [6.45, 7) is 1.35. The van der Waals surface area contributed by atoms with E-state index in [1.807, 2.05) is 60.7 Å². The van der Waals surface area contributed by atoms with E-state index >= 15 is 0 Å². The van der Waals surface area contributed by atoms with E-state index in [1.165, 1.54) is 0 Å². The molecule has 4 aromatic rings. The van der Waals surface area contributed by atoms with Crippen molar-refractivity contribution in [2.45, 2.75) is 0 Å². The zero-order chi connectivity index (χ0) is 20.5. The highest BCUT2D eigenvalue weighted by molar-refractivity contribution is 7.22. The van der Waals surface area contributed by atoms with Crippen LogP contribution in [0.4, 0.5) is 10.8 Å². The van der Waals surface area contributed by atoms with Gasteiger partial charge in [-0.3, -0.25) is 4.79 Å². The van der Waals surface area contributed by atoms with E-state index in [0.717, 1.165) is 37.9 Å². The second-order valence-electron chi connectivity index (χ2n) is 7.33. The van der Waals surface area contributed by atoms with E-state index in [0.29, 0.717) is 13.1 Å². The predicted octanol–water partition coefficient (Wildman–Crippen LogP) is 5.05. The number of rotatable bonds is 5. The van der Waals surface area contributed by atoms with Crippen LogP contribution in [0.15, 0.2) is 72.8 Å². The summed E-state index contributed by atoms with van der Waals surface area (Å²) in [5, 5.41) is 4.08. The van der Waals surface area contributed by atoms with Gasteiger partial charge in [-0.2, -0.15) is 0 Å². The summed E-state index contributed by atoms with van der Waals surface area (Å²) in [5.41, 5.74) is 3.90. The van der Waals surface area contributed by atoms with Crippen LogP contribution in [0, 0.1) is 5.92 Å². The number of fused-ring (bicyclic) bond motifs is 1. The standard InChI is InChI=1S/C24H21N3O2S/c1-29-18-11-12-22-21(13-18)26-24(30-22)27-14-17(15-27)23(28)25-20-10-6-5-9-19(20)16-7-3-2-4-8-16/h2-13,17H,14-15H2,1H3,(H,25,28). The number of carbonyl (C=O) groups excluding carboxylic acids is 1. The minimum atomic E-state index is -0.0459. The van der Waals surface area contributed by atoms with Crippen molar-refractivity contribution in [3.8, 4) is 16.9 Å². The van der Waals surface area contributed by atoms with Crippen molar-refractivity contribution in [1.82, 2.24) is 4.98 Å². The Bertz CT molecular complexity index is 1200. The largest absolute Gasteiger partial charge is 0.497 e. The normalized spacial score (nSPS) is 13.8. The van der Waals surface area contributed by atoms with E-state index in [2.05, 4.69) is 22.3 Å². The van der Waals surface area contributed by atoms with Crippen molar-refractivity contribution in [2.24, 2.45) is 5.92 Å². The Balaban J connectivity index is 1.27. The number of para-hydroxylation sites is 1. The number of benzene rings is 3. The fourth-order valence-electron chi connectivity index (χ4n) is 3.65. The van der Waals surface area contributed by atoms with Gasteiger partial charge < -0.3 is 15.0 Å². The van der Waals surface area contributed by atoms with Crippen LogP contribution < -0.4 is 15.0 Å². The maximum Gasteiger partial charge on any atom is 0.231 e. The molecule has 150 valence electrons. The van der Waals surface area contributed by atoms with E-state index in [4.69, 9.17) is 9.72 Å². The summed E-state index contributed by atoms with van der Waals surface area (Å²) in [7, 11) is 1.66. The molecule has 0 aliphatic carbocycles. The maximum atomic E-state index is 12.8. The van der Waals surface area contributed by atoms with Crippen LogP contribution in [0.25, 0.3) is 21.3 Å². The molecular weight excluding hydrogens is 394 g/mol. The second kappa shape index (κ2) is 7.80. The lowest BCUT2D eigenvalue weighted by Gasteiger charge is -2.38. The van der Waals surface area contributed by atoms with Gasteiger partial charge in [0.1, 0.15) is 5.75 Å². The van der Waals surface area contributed by atoms with Gasteiger partial charge in [-0.05, 0) is 23.8 Å². The molecule has 1 aliphatic heterocycles. The van der Waals surface area contributed by atoms with Gasteiger partial charge in [0.05, 0.1) is 23.2 Å². The van der Waals surface area contributed by atoms with Crippen molar-refractivity contribution in [2.75, 3.05) is 30.4 Å². The molecular formula is C24H21N3O2S. The minimum absolute atomic E-state index is 0.0459. The Morgan fingerprint density at radius 2 is 1.83 bits per heavy atom. The van der Waals surface area contributed by atoms with E-state index in [1.54, 1.807) is 18.4 Å². The van der Waals surface area contributed by atoms with E-state index in [9.17, 15) is 4.79 Å². The van der Waals surface area contributed by atoms with E-state index < -0.39 is 0 Å². The molecule has 5 rings (SSSR count). The summed E-state index contributed by atoms with van der Waals surface area (Å²) < 4.78 is 6.40. The first-order valence-corrected chi connectivity index (χ1v) is 10.7.